The molecule has 0 aliphatic heterocycles. The lowest BCUT2D eigenvalue weighted by Crippen LogP contribution is -2.43. The van der Waals surface area contributed by atoms with Gasteiger partial charge in [0.15, 0.2) is 0 Å². The van der Waals surface area contributed by atoms with Crippen molar-refractivity contribution in [3.63, 3.8) is 0 Å². The SMILES string of the molecule is c1cc(CCCOC2(CCNC3CC3)CCC2)ccn1. The van der Waals surface area contributed by atoms with Crippen molar-refractivity contribution in [1.82, 2.24) is 10.3 Å². The van der Waals surface area contributed by atoms with Gasteiger partial charge in [0.25, 0.3) is 0 Å². The molecule has 0 saturated heterocycles. The predicted molar refractivity (Wildman–Crippen MR) is 80.7 cm³/mol. The van der Waals surface area contributed by atoms with Crippen LogP contribution >= 0.6 is 0 Å². The number of aromatic nitrogens is 1. The highest BCUT2D eigenvalue weighted by molar-refractivity contribution is 5.09. The molecule has 0 spiro atoms. The third-order valence-corrected chi connectivity index (χ3v) is 4.62. The first-order chi connectivity index (χ1) is 9.86. The van der Waals surface area contributed by atoms with Crippen molar-refractivity contribution in [2.75, 3.05) is 13.2 Å². The summed E-state index contributed by atoms with van der Waals surface area (Å²) in [6.45, 7) is 2.03. The minimum Gasteiger partial charge on any atom is -0.375 e. The minimum atomic E-state index is 0.208. The van der Waals surface area contributed by atoms with Crippen LogP contribution in [-0.4, -0.2) is 29.8 Å². The lowest BCUT2D eigenvalue weighted by atomic mass is 9.77. The van der Waals surface area contributed by atoms with Crippen molar-refractivity contribution >= 4 is 0 Å². The molecule has 2 aliphatic rings. The highest BCUT2D eigenvalue weighted by atomic mass is 16.5. The van der Waals surface area contributed by atoms with E-state index in [0.29, 0.717) is 0 Å². The maximum atomic E-state index is 6.23. The van der Waals surface area contributed by atoms with Crippen molar-refractivity contribution in [3.8, 4) is 0 Å². The first-order valence-electron chi connectivity index (χ1n) is 8.13. The Bertz CT molecular complexity index is 399. The van der Waals surface area contributed by atoms with Crippen LogP contribution < -0.4 is 5.32 Å². The Kier molecular flexibility index (Phi) is 4.69. The Labute approximate surface area is 122 Å². The van der Waals surface area contributed by atoms with Gasteiger partial charge >= 0.3 is 0 Å². The van der Waals surface area contributed by atoms with E-state index in [1.807, 2.05) is 12.4 Å². The van der Waals surface area contributed by atoms with Gasteiger partial charge in [0.1, 0.15) is 0 Å². The molecule has 0 aromatic carbocycles. The van der Waals surface area contributed by atoms with Gasteiger partial charge < -0.3 is 10.1 Å². The van der Waals surface area contributed by atoms with Crippen LogP contribution in [0.25, 0.3) is 0 Å². The first-order valence-corrected chi connectivity index (χ1v) is 8.13. The summed E-state index contributed by atoms with van der Waals surface area (Å²) in [7, 11) is 0. The summed E-state index contributed by atoms with van der Waals surface area (Å²) in [5, 5.41) is 3.61. The van der Waals surface area contributed by atoms with Crippen molar-refractivity contribution in [2.45, 2.75) is 63.0 Å². The smallest absolute Gasteiger partial charge is 0.0694 e. The van der Waals surface area contributed by atoms with Gasteiger partial charge in [-0.05, 0) is 75.6 Å². The normalized spacial score (nSPS) is 20.6. The molecule has 0 bridgehead atoms. The third kappa shape index (κ3) is 4.03. The summed E-state index contributed by atoms with van der Waals surface area (Å²) >= 11 is 0. The van der Waals surface area contributed by atoms with E-state index in [2.05, 4.69) is 22.4 Å². The van der Waals surface area contributed by atoms with Crippen LogP contribution in [0.4, 0.5) is 0 Å². The van der Waals surface area contributed by atoms with E-state index in [0.717, 1.165) is 32.0 Å². The van der Waals surface area contributed by atoms with Crippen LogP contribution in [0.2, 0.25) is 0 Å². The zero-order chi connectivity index (χ0) is 13.7. The molecule has 3 nitrogen and oxygen atoms in total. The lowest BCUT2D eigenvalue weighted by Gasteiger charge is -2.42. The summed E-state index contributed by atoms with van der Waals surface area (Å²) in [5.41, 5.74) is 1.57. The Balaban J connectivity index is 1.33. The van der Waals surface area contributed by atoms with Gasteiger partial charge in [0.05, 0.1) is 5.60 Å². The number of rotatable bonds is 9. The van der Waals surface area contributed by atoms with Gasteiger partial charge in [0, 0.05) is 25.0 Å². The van der Waals surface area contributed by atoms with Gasteiger partial charge in [-0.25, -0.2) is 0 Å². The van der Waals surface area contributed by atoms with E-state index in [-0.39, 0.29) is 5.60 Å². The monoisotopic (exact) mass is 274 g/mol. The number of nitrogens with one attached hydrogen (secondary N) is 1. The number of aryl methyl sites for hydroxylation is 1. The van der Waals surface area contributed by atoms with Crippen LogP contribution in [0.3, 0.4) is 0 Å². The van der Waals surface area contributed by atoms with Crippen molar-refractivity contribution in [1.29, 1.82) is 0 Å². The van der Waals surface area contributed by atoms with Crippen molar-refractivity contribution in [2.24, 2.45) is 0 Å². The third-order valence-electron chi connectivity index (χ3n) is 4.62. The van der Waals surface area contributed by atoms with Crippen LogP contribution in [0, 0.1) is 0 Å². The molecular weight excluding hydrogens is 248 g/mol. The zero-order valence-corrected chi connectivity index (χ0v) is 12.3. The van der Waals surface area contributed by atoms with Gasteiger partial charge in [-0.2, -0.15) is 0 Å². The van der Waals surface area contributed by atoms with Crippen LogP contribution in [0.1, 0.15) is 50.5 Å². The molecular formula is C17H26N2O. The Morgan fingerprint density at radius 2 is 2.05 bits per heavy atom. The number of hydrogen-bond donors (Lipinski definition) is 1. The van der Waals surface area contributed by atoms with Crippen LogP contribution in [0.15, 0.2) is 24.5 Å². The summed E-state index contributed by atoms with van der Waals surface area (Å²) in [5.74, 6) is 0. The Morgan fingerprint density at radius 1 is 1.25 bits per heavy atom. The number of nitrogens with zero attached hydrogens (tertiary/aromatic N) is 1. The second kappa shape index (κ2) is 6.68. The fourth-order valence-corrected chi connectivity index (χ4v) is 2.94. The highest BCUT2D eigenvalue weighted by Gasteiger charge is 2.37. The molecule has 2 saturated carbocycles. The summed E-state index contributed by atoms with van der Waals surface area (Å²) in [6.07, 6.45) is 13.7. The summed E-state index contributed by atoms with van der Waals surface area (Å²) in [4.78, 5) is 4.05. The zero-order valence-electron chi connectivity index (χ0n) is 12.3. The maximum absolute atomic E-state index is 6.23. The molecule has 3 rings (SSSR count). The largest absolute Gasteiger partial charge is 0.375 e. The van der Waals surface area contributed by atoms with E-state index in [1.165, 1.54) is 44.1 Å². The number of pyridine rings is 1. The fourth-order valence-electron chi connectivity index (χ4n) is 2.94. The topological polar surface area (TPSA) is 34.1 Å². The van der Waals surface area contributed by atoms with E-state index in [9.17, 15) is 0 Å². The first kappa shape index (κ1) is 14.0. The Hall–Kier alpha value is -0.930. The molecule has 0 atom stereocenters. The van der Waals surface area contributed by atoms with E-state index in [1.54, 1.807) is 0 Å². The molecule has 2 aliphatic carbocycles. The molecule has 2 fully saturated rings. The van der Waals surface area contributed by atoms with E-state index >= 15 is 0 Å². The molecule has 1 aromatic heterocycles. The molecule has 3 heteroatoms. The standard InChI is InChI=1S/C17H26N2O/c1(3-15-6-11-18-12-7-15)14-20-17(8-2-9-17)10-13-19-16-4-5-16/h6-7,11-12,16,19H,1-5,8-10,13-14H2. The number of hydrogen-bond acceptors (Lipinski definition) is 3. The van der Waals surface area contributed by atoms with E-state index in [4.69, 9.17) is 4.74 Å². The molecule has 1 N–H and O–H groups in total. The molecule has 20 heavy (non-hydrogen) atoms. The second-order valence-electron chi connectivity index (χ2n) is 6.32. The summed E-state index contributed by atoms with van der Waals surface area (Å²) in [6, 6.07) is 5.01. The van der Waals surface area contributed by atoms with Crippen LogP contribution in [-0.2, 0) is 11.2 Å². The fraction of sp³-hybridized carbons (Fsp3) is 0.706. The maximum Gasteiger partial charge on any atom is 0.0694 e. The molecule has 1 aromatic rings. The van der Waals surface area contributed by atoms with Gasteiger partial charge in [-0.1, -0.05) is 0 Å². The molecule has 0 amide bonds. The quantitative estimate of drug-likeness (QED) is 0.703. The highest BCUT2D eigenvalue weighted by Crippen LogP contribution is 2.38. The minimum absolute atomic E-state index is 0.208. The molecule has 0 unspecified atom stereocenters. The van der Waals surface area contributed by atoms with E-state index < -0.39 is 0 Å². The van der Waals surface area contributed by atoms with Crippen molar-refractivity contribution in [3.05, 3.63) is 30.1 Å². The molecule has 110 valence electrons. The predicted octanol–water partition coefficient (Wildman–Crippen LogP) is 3.10. The molecule has 0 radical (unpaired) electrons. The Morgan fingerprint density at radius 3 is 2.70 bits per heavy atom. The average Bonchev–Trinajstić information content (AvgIpc) is 3.25. The average molecular weight is 274 g/mol. The van der Waals surface area contributed by atoms with Crippen LogP contribution in [0.5, 0.6) is 0 Å². The second-order valence-corrected chi connectivity index (χ2v) is 6.32. The van der Waals surface area contributed by atoms with Gasteiger partial charge in [-0.3, -0.25) is 4.98 Å². The lowest BCUT2D eigenvalue weighted by molar-refractivity contribution is -0.105. The van der Waals surface area contributed by atoms with Gasteiger partial charge in [-0.15, -0.1) is 0 Å². The van der Waals surface area contributed by atoms with Crippen molar-refractivity contribution < 1.29 is 4.74 Å². The summed E-state index contributed by atoms with van der Waals surface area (Å²) < 4.78 is 6.23. The number of ether oxygens (including phenoxy) is 1. The van der Waals surface area contributed by atoms with Gasteiger partial charge in [0.2, 0.25) is 0 Å². The molecule has 1 heterocycles.